The predicted molar refractivity (Wildman–Crippen MR) is 91.1 cm³/mol. The van der Waals surface area contributed by atoms with Crippen LogP contribution in [0.3, 0.4) is 0 Å². The molecule has 1 saturated heterocycles. The van der Waals surface area contributed by atoms with E-state index >= 15 is 0 Å². The molecule has 0 N–H and O–H groups in total. The minimum absolute atomic E-state index is 0.288. The molecule has 6 nitrogen and oxygen atoms in total. The molecule has 132 valence electrons. The number of hydrogen-bond acceptors (Lipinski definition) is 6. The van der Waals surface area contributed by atoms with Crippen molar-refractivity contribution >= 4 is 5.97 Å². The summed E-state index contributed by atoms with van der Waals surface area (Å²) < 4.78 is 10.1. The Morgan fingerprint density at radius 3 is 2.80 bits per heavy atom. The molecule has 1 unspecified atom stereocenters. The fraction of sp³-hybridized carbons (Fsp3) is 0.526. The smallest absolute Gasteiger partial charge is 0.337 e. The number of aromatic nitrogens is 2. The summed E-state index contributed by atoms with van der Waals surface area (Å²) in [6.45, 7) is 2.85. The van der Waals surface area contributed by atoms with Crippen LogP contribution in [0, 0.1) is 5.92 Å². The number of hydrogen-bond donors (Lipinski definition) is 0. The first-order valence-corrected chi connectivity index (χ1v) is 8.93. The molecule has 2 aliphatic rings. The first-order chi connectivity index (χ1) is 12.2. The van der Waals surface area contributed by atoms with Crippen LogP contribution in [-0.4, -0.2) is 41.2 Å². The molecule has 1 saturated carbocycles. The molecule has 6 heteroatoms. The molecule has 1 aromatic carbocycles. The lowest BCUT2D eigenvalue weighted by Gasteiger charge is -2.13. The van der Waals surface area contributed by atoms with Crippen LogP contribution in [-0.2, 0) is 17.7 Å². The number of benzene rings is 1. The third kappa shape index (κ3) is 3.90. The second kappa shape index (κ2) is 6.96. The van der Waals surface area contributed by atoms with Crippen LogP contribution in [0.15, 0.2) is 28.8 Å². The van der Waals surface area contributed by atoms with E-state index in [9.17, 15) is 4.79 Å². The summed E-state index contributed by atoms with van der Waals surface area (Å²) in [6.07, 6.45) is 4.58. The van der Waals surface area contributed by atoms with Gasteiger partial charge < -0.3 is 9.26 Å². The van der Waals surface area contributed by atoms with Crippen molar-refractivity contribution in [1.82, 2.24) is 15.0 Å². The van der Waals surface area contributed by atoms with Crippen LogP contribution in [0.2, 0.25) is 0 Å². The van der Waals surface area contributed by atoms with E-state index < -0.39 is 0 Å². The maximum absolute atomic E-state index is 11.5. The maximum atomic E-state index is 11.5. The highest BCUT2D eigenvalue weighted by Crippen LogP contribution is 2.38. The Bertz CT molecular complexity index is 737. The Hall–Kier alpha value is -2.21. The first-order valence-electron chi connectivity index (χ1n) is 8.93. The van der Waals surface area contributed by atoms with Crippen molar-refractivity contribution in [2.45, 2.75) is 38.1 Å². The Morgan fingerprint density at radius 1 is 1.28 bits per heavy atom. The third-order valence-electron chi connectivity index (χ3n) is 5.05. The molecule has 0 spiro atoms. The number of likely N-dealkylation sites (tertiary alicyclic amines) is 1. The SMILES string of the molecule is COC(=O)c1ccc(CC2CCN(Cc3nc(C4CC4)no3)C2)cc1. The van der Waals surface area contributed by atoms with Crippen molar-refractivity contribution in [1.29, 1.82) is 0 Å². The van der Waals surface area contributed by atoms with Gasteiger partial charge in [-0.2, -0.15) is 4.98 Å². The van der Waals surface area contributed by atoms with Gasteiger partial charge in [-0.1, -0.05) is 17.3 Å². The van der Waals surface area contributed by atoms with Gasteiger partial charge in [-0.05, 0) is 55.8 Å². The number of methoxy groups -OCH3 is 1. The Labute approximate surface area is 147 Å². The zero-order chi connectivity index (χ0) is 17.2. The quantitative estimate of drug-likeness (QED) is 0.753. The van der Waals surface area contributed by atoms with Crippen molar-refractivity contribution in [2.75, 3.05) is 20.2 Å². The summed E-state index contributed by atoms with van der Waals surface area (Å²) in [5.41, 5.74) is 1.86. The monoisotopic (exact) mass is 341 g/mol. The van der Waals surface area contributed by atoms with Crippen molar-refractivity contribution in [2.24, 2.45) is 5.92 Å². The maximum Gasteiger partial charge on any atom is 0.337 e. The molecule has 2 fully saturated rings. The molecule has 2 heterocycles. The van der Waals surface area contributed by atoms with Crippen LogP contribution in [0.25, 0.3) is 0 Å². The van der Waals surface area contributed by atoms with E-state index in [4.69, 9.17) is 9.26 Å². The van der Waals surface area contributed by atoms with Crippen molar-refractivity contribution < 1.29 is 14.1 Å². The van der Waals surface area contributed by atoms with Crippen molar-refractivity contribution in [3.05, 3.63) is 47.1 Å². The summed E-state index contributed by atoms with van der Waals surface area (Å²) in [7, 11) is 1.40. The van der Waals surface area contributed by atoms with Gasteiger partial charge in [0, 0.05) is 12.5 Å². The van der Waals surface area contributed by atoms with E-state index in [2.05, 4.69) is 15.0 Å². The van der Waals surface area contributed by atoms with Gasteiger partial charge in [0.25, 0.3) is 0 Å². The Morgan fingerprint density at radius 2 is 2.08 bits per heavy atom. The van der Waals surface area contributed by atoms with Gasteiger partial charge in [0.1, 0.15) is 0 Å². The summed E-state index contributed by atoms with van der Waals surface area (Å²) in [6, 6.07) is 7.72. The molecule has 4 rings (SSSR count). The topological polar surface area (TPSA) is 68.5 Å². The summed E-state index contributed by atoms with van der Waals surface area (Å²) in [5.74, 6) is 2.50. The molecule has 0 bridgehead atoms. The van der Waals surface area contributed by atoms with Crippen molar-refractivity contribution in [3.63, 3.8) is 0 Å². The molecule has 0 amide bonds. The second-order valence-corrected chi connectivity index (χ2v) is 7.10. The summed E-state index contributed by atoms with van der Waals surface area (Å²) >= 11 is 0. The van der Waals surface area contributed by atoms with Crippen LogP contribution in [0.4, 0.5) is 0 Å². The largest absolute Gasteiger partial charge is 0.465 e. The number of carbonyl (C=O) groups excluding carboxylic acids is 1. The molecular weight excluding hydrogens is 318 g/mol. The highest BCUT2D eigenvalue weighted by Gasteiger charge is 2.30. The molecule has 1 atom stereocenters. The van der Waals surface area contributed by atoms with E-state index in [1.54, 1.807) is 0 Å². The van der Waals surface area contributed by atoms with Crippen LogP contribution in [0.1, 0.15) is 52.8 Å². The van der Waals surface area contributed by atoms with Gasteiger partial charge in [0.05, 0.1) is 19.2 Å². The van der Waals surface area contributed by atoms with Gasteiger partial charge >= 0.3 is 5.97 Å². The molecule has 2 aromatic rings. The summed E-state index contributed by atoms with van der Waals surface area (Å²) in [4.78, 5) is 18.4. The van der Waals surface area contributed by atoms with E-state index in [1.807, 2.05) is 24.3 Å². The van der Waals surface area contributed by atoms with Gasteiger partial charge in [0.2, 0.25) is 5.89 Å². The standard InChI is InChI=1S/C19H23N3O3/c1-24-19(23)16-4-2-13(3-5-16)10-14-8-9-22(11-14)12-17-20-18(21-25-17)15-6-7-15/h2-5,14-15H,6-12H2,1H3. The lowest BCUT2D eigenvalue weighted by molar-refractivity contribution is 0.0600. The second-order valence-electron chi connectivity index (χ2n) is 7.10. The van der Waals surface area contributed by atoms with E-state index in [0.29, 0.717) is 17.4 Å². The minimum atomic E-state index is -0.288. The van der Waals surface area contributed by atoms with Crippen LogP contribution in [0.5, 0.6) is 0 Å². The number of carbonyl (C=O) groups is 1. The van der Waals surface area contributed by atoms with E-state index in [-0.39, 0.29) is 5.97 Å². The number of esters is 1. The lowest BCUT2D eigenvalue weighted by Crippen LogP contribution is -2.20. The average Bonchev–Trinajstić information content (AvgIpc) is 3.23. The predicted octanol–water partition coefficient (Wildman–Crippen LogP) is 2.80. The molecule has 0 radical (unpaired) electrons. The van der Waals surface area contributed by atoms with Gasteiger partial charge in [0.15, 0.2) is 5.82 Å². The fourth-order valence-corrected chi connectivity index (χ4v) is 3.48. The number of rotatable bonds is 6. The highest BCUT2D eigenvalue weighted by atomic mass is 16.5. The highest BCUT2D eigenvalue weighted by molar-refractivity contribution is 5.89. The molecule has 1 aliphatic carbocycles. The zero-order valence-corrected chi connectivity index (χ0v) is 14.5. The normalized spacial score (nSPS) is 20.8. The third-order valence-corrected chi connectivity index (χ3v) is 5.05. The Balaban J connectivity index is 1.29. The van der Waals surface area contributed by atoms with Gasteiger partial charge in [-0.25, -0.2) is 4.79 Å². The minimum Gasteiger partial charge on any atom is -0.465 e. The molecule has 25 heavy (non-hydrogen) atoms. The van der Waals surface area contributed by atoms with Gasteiger partial charge in [-0.3, -0.25) is 4.90 Å². The zero-order valence-electron chi connectivity index (χ0n) is 14.5. The molecular formula is C19H23N3O3. The van der Waals surface area contributed by atoms with Crippen molar-refractivity contribution in [3.8, 4) is 0 Å². The van der Waals surface area contributed by atoms with E-state index in [0.717, 1.165) is 37.8 Å². The lowest BCUT2D eigenvalue weighted by atomic mass is 9.98. The number of ether oxygens (including phenoxy) is 1. The van der Waals surface area contributed by atoms with Crippen LogP contribution >= 0.6 is 0 Å². The van der Waals surface area contributed by atoms with E-state index in [1.165, 1.54) is 31.9 Å². The fourth-order valence-electron chi connectivity index (χ4n) is 3.48. The number of nitrogens with zero attached hydrogens (tertiary/aromatic N) is 3. The van der Waals surface area contributed by atoms with Gasteiger partial charge in [-0.15, -0.1) is 0 Å². The molecule has 1 aliphatic heterocycles. The molecule has 1 aromatic heterocycles. The average molecular weight is 341 g/mol. The summed E-state index contributed by atoms with van der Waals surface area (Å²) in [5, 5.41) is 4.09. The first kappa shape index (κ1) is 16.3. The Kier molecular flexibility index (Phi) is 4.53. The van der Waals surface area contributed by atoms with Crippen LogP contribution < -0.4 is 0 Å².